The van der Waals surface area contributed by atoms with Crippen molar-refractivity contribution in [2.24, 2.45) is 5.41 Å². The lowest BCUT2D eigenvalue weighted by Gasteiger charge is -2.26. The van der Waals surface area contributed by atoms with E-state index in [-0.39, 0.29) is 11.0 Å². The molecule has 0 radical (unpaired) electrons. The molecule has 1 saturated heterocycles. The molecule has 0 spiro atoms. The predicted molar refractivity (Wildman–Crippen MR) is 57.3 cm³/mol. The zero-order chi connectivity index (χ0) is 10.1. The molecule has 0 aromatic heterocycles. The van der Waals surface area contributed by atoms with Gasteiger partial charge in [-0.05, 0) is 38.5 Å². The SMILES string of the molecule is CC(C)(CCl)CC1CCC(C)(C)O1. The lowest BCUT2D eigenvalue weighted by Crippen LogP contribution is -2.25. The van der Waals surface area contributed by atoms with Gasteiger partial charge in [-0.15, -0.1) is 11.6 Å². The maximum atomic E-state index is 5.93. The first kappa shape index (κ1) is 11.3. The molecule has 0 N–H and O–H groups in total. The molecule has 1 aliphatic heterocycles. The van der Waals surface area contributed by atoms with E-state index in [0.717, 1.165) is 6.42 Å². The van der Waals surface area contributed by atoms with Gasteiger partial charge in [0.15, 0.2) is 0 Å². The van der Waals surface area contributed by atoms with Gasteiger partial charge in [0, 0.05) is 5.88 Å². The Morgan fingerprint density at radius 1 is 1.46 bits per heavy atom. The molecule has 1 atom stereocenters. The van der Waals surface area contributed by atoms with Crippen molar-refractivity contribution in [3.8, 4) is 0 Å². The van der Waals surface area contributed by atoms with Crippen molar-refractivity contribution in [2.45, 2.75) is 58.7 Å². The number of ether oxygens (including phenoxy) is 1. The zero-order valence-electron chi connectivity index (χ0n) is 9.19. The lowest BCUT2D eigenvalue weighted by atomic mass is 9.88. The monoisotopic (exact) mass is 204 g/mol. The summed E-state index contributed by atoms with van der Waals surface area (Å²) in [4.78, 5) is 0. The number of alkyl halides is 1. The van der Waals surface area contributed by atoms with E-state index in [0.29, 0.717) is 12.0 Å². The molecule has 0 aromatic carbocycles. The molecule has 2 heteroatoms. The average Bonchev–Trinajstić information content (AvgIpc) is 2.29. The second-order valence-corrected chi connectivity index (χ2v) is 5.81. The van der Waals surface area contributed by atoms with Crippen molar-refractivity contribution >= 4 is 11.6 Å². The molecule has 0 bridgehead atoms. The minimum atomic E-state index is 0.0903. The van der Waals surface area contributed by atoms with Gasteiger partial charge in [-0.1, -0.05) is 13.8 Å². The van der Waals surface area contributed by atoms with Crippen LogP contribution in [-0.4, -0.2) is 17.6 Å². The first-order valence-electron chi connectivity index (χ1n) is 5.08. The molecule has 1 unspecified atom stereocenters. The van der Waals surface area contributed by atoms with Gasteiger partial charge < -0.3 is 4.74 Å². The fraction of sp³-hybridized carbons (Fsp3) is 1.00. The zero-order valence-corrected chi connectivity index (χ0v) is 9.95. The van der Waals surface area contributed by atoms with Crippen molar-refractivity contribution in [3.63, 3.8) is 0 Å². The van der Waals surface area contributed by atoms with E-state index in [4.69, 9.17) is 16.3 Å². The van der Waals surface area contributed by atoms with Crippen molar-refractivity contribution in [2.75, 3.05) is 5.88 Å². The van der Waals surface area contributed by atoms with Gasteiger partial charge in [0.2, 0.25) is 0 Å². The maximum absolute atomic E-state index is 5.93. The summed E-state index contributed by atoms with van der Waals surface area (Å²) in [6.07, 6.45) is 3.87. The molecule has 1 nitrogen and oxygen atoms in total. The normalized spacial score (nSPS) is 27.9. The highest BCUT2D eigenvalue weighted by Gasteiger charge is 2.34. The quantitative estimate of drug-likeness (QED) is 0.639. The minimum absolute atomic E-state index is 0.0903. The van der Waals surface area contributed by atoms with Crippen LogP contribution in [0.25, 0.3) is 0 Å². The van der Waals surface area contributed by atoms with Gasteiger partial charge in [-0.25, -0.2) is 0 Å². The predicted octanol–water partition coefficient (Wildman–Crippen LogP) is 3.60. The smallest absolute Gasteiger partial charge is 0.0631 e. The van der Waals surface area contributed by atoms with E-state index in [1.165, 1.54) is 12.8 Å². The Bertz CT molecular complexity index is 175. The molecule has 0 aliphatic carbocycles. The molecule has 1 rings (SSSR count). The van der Waals surface area contributed by atoms with Gasteiger partial charge >= 0.3 is 0 Å². The Morgan fingerprint density at radius 3 is 2.46 bits per heavy atom. The number of hydrogen-bond acceptors (Lipinski definition) is 1. The van der Waals surface area contributed by atoms with Crippen LogP contribution in [0.2, 0.25) is 0 Å². The average molecular weight is 205 g/mol. The van der Waals surface area contributed by atoms with Crippen LogP contribution in [0.1, 0.15) is 47.0 Å². The minimum Gasteiger partial charge on any atom is -0.372 e. The van der Waals surface area contributed by atoms with Gasteiger partial charge in [-0.3, -0.25) is 0 Å². The maximum Gasteiger partial charge on any atom is 0.0631 e. The Morgan fingerprint density at radius 2 is 2.08 bits per heavy atom. The summed E-state index contributed by atoms with van der Waals surface area (Å²) < 4.78 is 5.93. The first-order valence-corrected chi connectivity index (χ1v) is 5.62. The molecular weight excluding hydrogens is 184 g/mol. The van der Waals surface area contributed by atoms with Crippen LogP contribution >= 0.6 is 11.6 Å². The van der Waals surface area contributed by atoms with Crippen molar-refractivity contribution in [1.82, 2.24) is 0 Å². The van der Waals surface area contributed by atoms with Crippen molar-refractivity contribution < 1.29 is 4.74 Å². The lowest BCUT2D eigenvalue weighted by molar-refractivity contribution is -0.0297. The fourth-order valence-electron chi connectivity index (χ4n) is 1.89. The highest BCUT2D eigenvalue weighted by Crippen LogP contribution is 2.36. The Labute approximate surface area is 86.8 Å². The van der Waals surface area contributed by atoms with Gasteiger partial charge in [0.05, 0.1) is 11.7 Å². The third-order valence-corrected chi connectivity index (χ3v) is 3.42. The third-order valence-electron chi connectivity index (χ3n) is 2.70. The van der Waals surface area contributed by atoms with Crippen molar-refractivity contribution in [3.05, 3.63) is 0 Å². The van der Waals surface area contributed by atoms with Gasteiger partial charge in [0.1, 0.15) is 0 Å². The summed E-state index contributed by atoms with van der Waals surface area (Å²) in [5.41, 5.74) is 0.305. The van der Waals surface area contributed by atoms with E-state index in [2.05, 4.69) is 27.7 Å². The van der Waals surface area contributed by atoms with Crippen LogP contribution < -0.4 is 0 Å². The van der Waals surface area contributed by atoms with Crippen LogP contribution in [0.5, 0.6) is 0 Å². The summed E-state index contributed by atoms with van der Waals surface area (Å²) in [5, 5.41) is 0. The number of hydrogen-bond donors (Lipinski definition) is 0. The molecule has 0 amide bonds. The highest BCUT2D eigenvalue weighted by atomic mass is 35.5. The standard InChI is InChI=1S/C11H21ClO/c1-10(2,8-12)7-9-5-6-11(3,4)13-9/h9H,5-8H2,1-4H3. The summed E-state index contributed by atoms with van der Waals surface area (Å²) in [5.74, 6) is 0.716. The Hall–Kier alpha value is 0.250. The summed E-state index contributed by atoms with van der Waals surface area (Å²) >= 11 is 5.89. The van der Waals surface area contributed by atoms with Crippen LogP contribution in [0.3, 0.4) is 0 Å². The van der Waals surface area contributed by atoms with E-state index >= 15 is 0 Å². The molecule has 0 saturated carbocycles. The number of halogens is 1. The van der Waals surface area contributed by atoms with Gasteiger partial charge in [0.25, 0.3) is 0 Å². The van der Waals surface area contributed by atoms with Crippen LogP contribution in [0.15, 0.2) is 0 Å². The van der Waals surface area contributed by atoms with Crippen LogP contribution in [-0.2, 0) is 4.74 Å². The molecule has 1 fully saturated rings. The molecule has 13 heavy (non-hydrogen) atoms. The molecule has 1 aliphatic rings. The Kier molecular flexibility index (Phi) is 3.29. The summed E-state index contributed by atoms with van der Waals surface area (Å²) in [7, 11) is 0. The summed E-state index contributed by atoms with van der Waals surface area (Å²) in [6.45, 7) is 8.74. The largest absolute Gasteiger partial charge is 0.372 e. The second-order valence-electron chi connectivity index (χ2n) is 5.54. The molecule has 78 valence electrons. The van der Waals surface area contributed by atoms with Crippen molar-refractivity contribution in [1.29, 1.82) is 0 Å². The highest BCUT2D eigenvalue weighted by molar-refractivity contribution is 6.18. The second kappa shape index (κ2) is 3.78. The molecular formula is C11H21ClO. The van der Waals surface area contributed by atoms with Gasteiger partial charge in [-0.2, -0.15) is 0 Å². The fourth-order valence-corrected chi connectivity index (χ4v) is 2.00. The summed E-state index contributed by atoms with van der Waals surface area (Å²) in [6, 6.07) is 0. The van der Waals surface area contributed by atoms with E-state index in [1.807, 2.05) is 0 Å². The van der Waals surface area contributed by atoms with E-state index < -0.39 is 0 Å². The molecule has 1 heterocycles. The van der Waals surface area contributed by atoms with E-state index in [9.17, 15) is 0 Å². The van der Waals surface area contributed by atoms with Crippen LogP contribution in [0, 0.1) is 5.41 Å². The topological polar surface area (TPSA) is 9.23 Å². The first-order chi connectivity index (χ1) is 5.85. The Balaban J connectivity index is 2.40. The third kappa shape index (κ3) is 3.47. The molecule has 0 aromatic rings. The van der Waals surface area contributed by atoms with Crippen LogP contribution in [0.4, 0.5) is 0 Å². The van der Waals surface area contributed by atoms with E-state index in [1.54, 1.807) is 0 Å². The number of rotatable bonds is 3.